The van der Waals surface area contributed by atoms with Crippen LogP contribution in [-0.4, -0.2) is 19.7 Å². The van der Waals surface area contributed by atoms with Crippen LogP contribution in [0.4, 0.5) is 0 Å². The van der Waals surface area contributed by atoms with Crippen LogP contribution in [0.5, 0.6) is 0 Å². The van der Waals surface area contributed by atoms with Gasteiger partial charge in [-0.05, 0) is 35.6 Å². The summed E-state index contributed by atoms with van der Waals surface area (Å²) < 4.78 is 3.97. The van der Waals surface area contributed by atoms with Gasteiger partial charge in [-0.3, -0.25) is 4.98 Å². The van der Waals surface area contributed by atoms with Crippen molar-refractivity contribution in [1.29, 1.82) is 0 Å². The second-order valence-electron chi connectivity index (χ2n) is 4.69. The van der Waals surface area contributed by atoms with Crippen LogP contribution in [-0.2, 0) is 6.42 Å². The Morgan fingerprint density at radius 1 is 1.30 bits per heavy atom. The van der Waals surface area contributed by atoms with Crippen LogP contribution in [0.25, 0.3) is 10.9 Å². The summed E-state index contributed by atoms with van der Waals surface area (Å²) in [5.41, 5.74) is 2.62. The molecule has 102 valence electrons. The predicted molar refractivity (Wildman–Crippen MR) is 79.7 cm³/mol. The summed E-state index contributed by atoms with van der Waals surface area (Å²) in [5.74, 6) is 0. The Bertz CT molecular complexity index is 726. The van der Waals surface area contributed by atoms with Crippen LogP contribution in [0.2, 0.25) is 0 Å². The van der Waals surface area contributed by atoms with Crippen molar-refractivity contribution in [3.63, 3.8) is 0 Å². The second kappa shape index (κ2) is 5.64. The molecule has 2 aromatic heterocycles. The topological polar surface area (TPSA) is 58.9 Å². The lowest BCUT2D eigenvalue weighted by Gasteiger charge is -2.10. The molecule has 0 aliphatic rings. The highest BCUT2D eigenvalue weighted by Gasteiger charge is 2.18. The fourth-order valence-electron chi connectivity index (χ4n) is 2.24. The third-order valence-corrected chi connectivity index (χ3v) is 4.08. The van der Waals surface area contributed by atoms with Gasteiger partial charge in [-0.2, -0.15) is 0 Å². The number of pyridine rings is 1. The highest BCUT2D eigenvalue weighted by molar-refractivity contribution is 7.05. The van der Waals surface area contributed by atoms with Gasteiger partial charge in [-0.25, -0.2) is 0 Å². The molecule has 0 fully saturated rings. The van der Waals surface area contributed by atoms with E-state index in [9.17, 15) is 5.11 Å². The van der Waals surface area contributed by atoms with E-state index >= 15 is 0 Å². The minimum absolute atomic E-state index is 0.678. The van der Waals surface area contributed by atoms with Crippen molar-refractivity contribution in [3.05, 3.63) is 52.7 Å². The summed E-state index contributed by atoms with van der Waals surface area (Å²) >= 11 is 1.27. The number of hydrogen-bond acceptors (Lipinski definition) is 5. The lowest BCUT2D eigenvalue weighted by atomic mass is 10.0. The van der Waals surface area contributed by atoms with Crippen molar-refractivity contribution < 1.29 is 5.11 Å². The number of benzene rings is 1. The van der Waals surface area contributed by atoms with Crippen LogP contribution in [0, 0.1) is 0 Å². The molecule has 3 rings (SSSR count). The molecule has 0 amide bonds. The number of hydrogen-bond donors (Lipinski definition) is 1. The molecule has 2 heterocycles. The Hall–Kier alpha value is -1.85. The Kier molecular flexibility index (Phi) is 3.71. The first-order chi connectivity index (χ1) is 9.79. The number of nitrogens with zero attached hydrogens (tertiary/aromatic N) is 3. The zero-order chi connectivity index (χ0) is 13.9. The van der Waals surface area contributed by atoms with Gasteiger partial charge in [0.25, 0.3) is 0 Å². The van der Waals surface area contributed by atoms with Gasteiger partial charge in [0.05, 0.1) is 16.1 Å². The van der Waals surface area contributed by atoms with Crippen molar-refractivity contribution in [3.8, 4) is 0 Å². The van der Waals surface area contributed by atoms with Crippen molar-refractivity contribution in [2.24, 2.45) is 0 Å². The van der Waals surface area contributed by atoms with Crippen LogP contribution in [0.3, 0.4) is 0 Å². The van der Waals surface area contributed by atoms with Crippen LogP contribution < -0.4 is 0 Å². The zero-order valence-corrected chi connectivity index (χ0v) is 12.0. The molecule has 1 N–H and O–H groups in total. The number of aliphatic hydroxyl groups is 1. The maximum absolute atomic E-state index is 10.6. The number of aromatic nitrogens is 3. The molecule has 0 aliphatic carbocycles. The van der Waals surface area contributed by atoms with Gasteiger partial charge in [0.15, 0.2) is 0 Å². The van der Waals surface area contributed by atoms with Gasteiger partial charge in [-0.15, -0.1) is 5.10 Å². The summed E-state index contributed by atoms with van der Waals surface area (Å²) in [7, 11) is 0. The van der Waals surface area contributed by atoms with Gasteiger partial charge < -0.3 is 5.11 Å². The van der Waals surface area contributed by atoms with E-state index in [1.165, 1.54) is 11.5 Å². The Balaban J connectivity index is 1.99. The molecule has 4 nitrogen and oxygen atoms in total. The molecule has 0 bridgehead atoms. The lowest BCUT2D eigenvalue weighted by Crippen LogP contribution is -2.01. The van der Waals surface area contributed by atoms with Gasteiger partial charge in [0, 0.05) is 11.6 Å². The standard InChI is InChI=1S/C15H15N3OS/c1-2-4-12-15(20-18-17-12)14(19)11-7-6-10-5-3-8-16-13(10)9-11/h3,5-9,14,19H,2,4H2,1H3. The number of rotatable bonds is 4. The second-order valence-corrected chi connectivity index (χ2v) is 5.48. The number of aliphatic hydroxyl groups excluding tert-OH is 1. The van der Waals surface area contributed by atoms with E-state index in [0.29, 0.717) is 0 Å². The van der Waals surface area contributed by atoms with Gasteiger partial charge in [0.1, 0.15) is 6.10 Å². The number of fused-ring (bicyclic) bond motifs is 1. The third kappa shape index (κ3) is 2.42. The monoisotopic (exact) mass is 285 g/mol. The maximum atomic E-state index is 10.6. The molecule has 1 unspecified atom stereocenters. The molecule has 0 radical (unpaired) electrons. The Morgan fingerprint density at radius 3 is 3.05 bits per heavy atom. The minimum atomic E-state index is -0.678. The summed E-state index contributed by atoms with van der Waals surface area (Å²) in [5, 5.41) is 15.7. The Morgan fingerprint density at radius 2 is 2.20 bits per heavy atom. The van der Waals surface area contributed by atoms with Crippen molar-refractivity contribution in [1.82, 2.24) is 14.6 Å². The van der Waals surface area contributed by atoms with E-state index in [-0.39, 0.29) is 0 Å². The summed E-state index contributed by atoms with van der Waals surface area (Å²) in [6, 6.07) is 9.76. The largest absolute Gasteiger partial charge is 0.383 e. The summed E-state index contributed by atoms with van der Waals surface area (Å²) in [6.07, 6.45) is 2.91. The smallest absolute Gasteiger partial charge is 0.117 e. The average Bonchev–Trinajstić information content (AvgIpc) is 2.94. The maximum Gasteiger partial charge on any atom is 0.117 e. The molecule has 0 saturated carbocycles. The van der Waals surface area contributed by atoms with E-state index in [1.807, 2.05) is 30.3 Å². The molecule has 5 heteroatoms. The molecule has 1 atom stereocenters. The third-order valence-electron chi connectivity index (χ3n) is 3.27. The summed E-state index contributed by atoms with van der Waals surface area (Å²) in [6.45, 7) is 2.09. The van der Waals surface area contributed by atoms with E-state index in [2.05, 4.69) is 21.5 Å². The average molecular weight is 285 g/mol. The quantitative estimate of drug-likeness (QED) is 0.800. The first-order valence-electron chi connectivity index (χ1n) is 6.63. The molecule has 0 saturated heterocycles. The van der Waals surface area contributed by atoms with Gasteiger partial charge in [-0.1, -0.05) is 36.0 Å². The van der Waals surface area contributed by atoms with Crippen molar-refractivity contribution >= 4 is 22.4 Å². The number of aryl methyl sites for hydroxylation is 1. The fourth-order valence-corrected chi connectivity index (χ4v) is 2.95. The molecule has 0 aliphatic heterocycles. The van der Waals surface area contributed by atoms with Crippen LogP contribution in [0.1, 0.15) is 35.6 Å². The molecular formula is C15H15N3OS. The molecular weight excluding hydrogens is 270 g/mol. The fraction of sp³-hybridized carbons (Fsp3) is 0.267. The highest BCUT2D eigenvalue weighted by Crippen LogP contribution is 2.29. The molecule has 1 aromatic carbocycles. The zero-order valence-electron chi connectivity index (χ0n) is 11.2. The summed E-state index contributed by atoms with van der Waals surface area (Å²) in [4.78, 5) is 5.16. The normalized spacial score (nSPS) is 12.7. The first kappa shape index (κ1) is 13.1. The minimum Gasteiger partial charge on any atom is -0.383 e. The SMILES string of the molecule is CCCc1nnsc1C(O)c1ccc2cccnc2c1. The van der Waals surface area contributed by atoms with Crippen molar-refractivity contribution in [2.75, 3.05) is 0 Å². The van der Waals surface area contributed by atoms with E-state index in [4.69, 9.17) is 0 Å². The Labute approximate surface area is 121 Å². The van der Waals surface area contributed by atoms with Crippen LogP contribution in [0.15, 0.2) is 36.5 Å². The molecule has 20 heavy (non-hydrogen) atoms. The van der Waals surface area contributed by atoms with Crippen LogP contribution >= 0.6 is 11.5 Å². The van der Waals surface area contributed by atoms with E-state index < -0.39 is 6.10 Å². The lowest BCUT2D eigenvalue weighted by molar-refractivity contribution is 0.223. The van der Waals surface area contributed by atoms with E-state index in [0.717, 1.165) is 39.9 Å². The van der Waals surface area contributed by atoms with Gasteiger partial charge >= 0.3 is 0 Å². The predicted octanol–water partition coefficient (Wildman–Crippen LogP) is 3.12. The van der Waals surface area contributed by atoms with Gasteiger partial charge in [0.2, 0.25) is 0 Å². The van der Waals surface area contributed by atoms with Crippen molar-refractivity contribution in [2.45, 2.75) is 25.9 Å². The van der Waals surface area contributed by atoms with E-state index in [1.54, 1.807) is 6.20 Å². The first-order valence-corrected chi connectivity index (χ1v) is 7.41. The highest BCUT2D eigenvalue weighted by atomic mass is 32.1. The molecule has 0 spiro atoms. The molecule has 3 aromatic rings.